The van der Waals surface area contributed by atoms with Gasteiger partial charge in [0.25, 0.3) is 0 Å². The number of aryl methyl sites for hydroxylation is 1. The van der Waals surface area contributed by atoms with Crippen LogP contribution in [0.3, 0.4) is 0 Å². The summed E-state index contributed by atoms with van der Waals surface area (Å²) >= 11 is 7.43. The van der Waals surface area contributed by atoms with E-state index < -0.39 is 0 Å². The van der Waals surface area contributed by atoms with Crippen molar-refractivity contribution in [3.63, 3.8) is 0 Å². The van der Waals surface area contributed by atoms with Crippen LogP contribution in [0.5, 0.6) is 0 Å². The van der Waals surface area contributed by atoms with Crippen molar-refractivity contribution in [2.45, 2.75) is 30.5 Å². The first-order chi connectivity index (χ1) is 10.5. The third kappa shape index (κ3) is 4.79. The molecule has 0 bridgehead atoms. The van der Waals surface area contributed by atoms with E-state index in [0.717, 1.165) is 10.5 Å². The molecule has 0 heterocycles. The topological polar surface area (TPSA) is 20.3 Å². The van der Waals surface area contributed by atoms with Gasteiger partial charge in [0.1, 0.15) is 0 Å². The summed E-state index contributed by atoms with van der Waals surface area (Å²) in [5, 5.41) is 0.580. The Balaban J connectivity index is 1.94. The normalized spacial score (nSPS) is 12.0. The number of rotatable bonds is 5. The molecule has 0 aliphatic rings. The molecule has 0 saturated heterocycles. The number of thioether (sulfide) groups is 1. The first kappa shape index (κ1) is 16.9. The fourth-order valence-electron chi connectivity index (χ4n) is 2.12. The van der Waals surface area contributed by atoms with Crippen LogP contribution in [0.4, 0.5) is 0 Å². The molecule has 0 aliphatic carbocycles. The van der Waals surface area contributed by atoms with Crippen molar-refractivity contribution in [2.75, 3.05) is 7.05 Å². The lowest BCUT2D eigenvalue weighted by atomic mass is 10.1. The van der Waals surface area contributed by atoms with E-state index in [-0.39, 0.29) is 11.2 Å². The minimum atomic E-state index is -0.128. The largest absolute Gasteiger partial charge is 0.340 e. The second kappa shape index (κ2) is 7.70. The lowest BCUT2D eigenvalue weighted by Crippen LogP contribution is -2.32. The smallest absolute Gasteiger partial charge is 0.235 e. The van der Waals surface area contributed by atoms with Crippen molar-refractivity contribution in [1.29, 1.82) is 0 Å². The molecule has 22 heavy (non-hydrogen) atoms. The molecule has 2 rings (SSSR count). The Morgan fingerprint density at radius 1 is 1.14 bits per heavy atom. The van der Waals surface area contributed by atoms with Gasteiger partial charge in [0.15, 0.2) is 0 Å². The van der Waals surface area contributed by atoms with Crippen LogP contribution in [0.2, 0.25) is 5.02 Å². The molecule has 0 aliphatic heterocycles. The molecule has 116 valence electrons. The number of carbonyl (C=O) groups is 1. The molecule has 0 fully saturated rings. The molecule has 0 radical (unpaired) electrons. The summed E-state index contributed by atoms with van der Waals surface area (Å²) < 4.78 is 0. The number of halogens is 1. The molecule has 0 N–H and O–H groups in total. The van der Waals surface area contributed by atoms with E-state index >= 15 is 0 Å². The van der Waals surface area contributed by atoms with Crippen molar-refractivity contribution in [1.82, 2.24) is 4.90 Å². The van der Waals surface area contributed by atoms with Crippen LogP contribution in [-0.2, 0) is 11.3 Å². The summed E-state index contributed by atoms with van der Waals surface area (Å²) in [6.07, 6.45) is 0. The predicted molar refractivity (Wildman–Crippen MR) is 94.4 cm³/mol. The van der Waals surface area contributed by atoms with Gasteiger partial charge in [-0.1, -0.05) is 41.4 Å². The highest BCUT2D eigenvalue weighted by Gasteiger charge is 2.18. The first-order valence-corrected chi connectivity index (χ1v) is 8.44. The molecule has 2 aromatic rings. The van der Waals surface area contributed by atoms with E-state index in [1.807, 2.05) is 38.2 Å². The highest BCUT2D eigenvalue weighted by molar-refractivity contribution is 8.00. The zero-order chi connectivity index (χ0) is 16.1. The second-order valence-electron chi connectivity index (χ2n) is 5.39. The van der Waals surface area contributed by atoms with Gasteiger partial charge in [-0.2, -0.15) is 0 Å². The molecule has 0 unspecified atom stereocenters. The van der Waals surface area contributed by atoms with Crippen LogP contribution < -0.4 is 0 Å². The molecule has 2 aromatic carbocycles. The third-order valence-corrected chi connectivity index (χ3v) is 4.74. The monoisotopic (exact) mass is 333 g/mol. The zero-order valence-corrected chi connectivity index (χ0v) is 14.6. The summed E-state index contributed by atoms with van der Waals surface area (Å²) in [6, 6.07) is 15.8. The summed E-state index contributed by atoms with van der Waals surface area (Å²) in [5.74, 6) is 0.125. The van der Waals surface area contributed by atoms with E-state index in [4.69, 9.17) is 11.6 Å². The van der Waals surface area contributed by atoms with Crippen LogP contribution in [0.15, 0.2) is 53.4 Å². The van der Waals surface area contributed by atoms with Crippen molar-refractivity contribution >= 4 is 29.3 Å². The molecule has 0 saturated carbocycles. The second-order valence-corrected chi connectivity index (χ2v) is 7.24. The van der Waals surface area contributed by atoms with Crippen LogP contribution in [0.1, 0.15) is 18.1 Å². The maximum atomic E-state index is 12.5. The molecular weight excluding hydrogens is 314 g/mol. The molecule has 0 aromatic heterocycles. The lowest BCUT2D eigenvalue weighted by molar-refractivity contribution is -0.129. The molecule has 2 nitrogen and oxygen atoms in total. The summed E-state index contributed by atoms with van der Waals surface area (Å²) in [4.78, 5) is 15.3. The average molecular weight is 334 g/mol. The Morgan fingerprint density at radius 3 is 2.32 bits per heavy atom. The quantitative estimate of drug-likeness (QED) is 0.733. The number of hydrogen-bond acceptors (Lipinski definition) is 2. The highest BCUT2D eigenvalue weighted by atomic mass is 35.5. The standard InChI is InChI=1S/C18H20ClNOS/c1-13-4-6-15(7-5-13)12-20(3)18(21)14(2)22-17-10-8-16(19)9-11-17/h4-11,14H,12H2,1-3H3/t14-/m1/s1. The third-order valence-electron chi connectivity index (χ3n) is 3.39. The van der Waals surface area contributed by atoms with Crippen LogP contribution in [0.25, 0.3) is 0 Å². The fraction of sp³-hybridized carbons (Fsp3) is 0.278. The van der Waals surface area contributed by atoms with Crippen molar-refractivity contribution in [3.8, 4) is 0 Å². The maximum Gasteiger partial charge on any atom is 0.235 e. The van der Waals surface area contributed by atoms with Gasteiger partial charge >= 0.3 is 0 Å². The SMILES string of the molecule is Cc1ccc(CN(C)C(=O)[C@@H](C)Sc2ccc(Cl)cc2)cc1. The molecule has 4 heteroatoms. The number of benzene rings is 2. The lowest BCUT2D eigenvalue weighted by Gasteiger charge is -2.21. The Labute approximate surface area is 141 Å². The van der Waals surface area contributed by atoms with Crippen LogP contribution in [0, 0.1) is 6.92 Å². The fourth-order valence-corrected chi connectivity index (χ4v) is 3.23. The van der Waals surface area contributed by atoms with Crippen molar-refractivity contribution in [2.24, 2.45) is 0 Å². The van der Waals surface area contributed by atoms with E-state index in [9.17, 15) is 4.79 Å². The maximum absolute atomic E-state index is 12.5. The number of carbonyl (C=O) groups excluding carboxylic acids is 1. The highest BCUT2D eigenvalue weighted by Crippen LogP contribution is 2.26. The van der Waals surface area contributed by atoms with Gasteiger partial charge in [-0.15, -0.1) is 11.8 Å². The van der Waals surface area contributed by atoms with Crippen LogP contribution >= 0.6 is 23.4 Å². The summed E-state index contributed by atoms with van der Waals surface area (Å²) in [5.41, 5.74) is 2.37. The number of hydrogen-bond donors (Lipinski definition) is 0. The van der Waals surface area contributed by atoms with Gasteiger partial charge < -0.3 is 4.90 Å². The van der Waals surface area contributed by atoms with Crippen molar-refractivity contribution < 1.29 is 4.79 Å². The molecule has 1 atom stereocenters. The Morgan fingerprint density at radius 2 is 1.73 bits per heavy atom. The van der Waals surface area contributed by atoms with Gasteiger partial charge in [0.05, 0.1) is 5.25 Å². The van der Waals surface area contributed by atoms with Gasteiger partial charge in [0, 0.05) is 23.5 Å². The number of nitrogens with zero attached hydrogens (tertiary/aromatic N) is 1. The van der Waals surface area contributed by atoms with E-state index in [0.29, 0.717) is 11.6 Å². The predicted octanol–water partition coefficient (Wildman–Crippen LogP) is 4.79. The van der Waals surface area contributed by atoms with Gasteiger partial charge in [-0.25, -0.2) is 0 Å². The number of amides is 1. The Bertz CT molecular complexity index is 569. The van der Waals surface area contributed by atoms with Crippen LogP contribution in [-0.4, -0.2) is 23.1 Å². The summed E-state index contributed by atoms with van der Waals surface area (Å²) in [6.45, 7) is 4.63. The van der Waals surface area contributed by atoms with E-state index in [1.54, 1.807) is 16.7 Å². The van der Waals surface area contributed by atoms with Gasteiger partial charge in [0.2, 0.25) is 5.91 Å². The minimum absolute atomic E-state index is 0.125. The zero-order valence-electron chi connectivity index (χ0n) is 13.0. The Kier molecular flexibility index (Phi) is 5.92. The Hall–Kier alpha value is -1.45. The van der Waals surface area contributed by atoms with Crippen molar-refractivity contribution in [3.05, 3.63) is 64.7 Å². The molecule has 1 amide bonds. The van der Waals surface area contributed by atoms with Gasteiger partial charge in [-0.3, -0.25) is 4.79 Å². The first-order valence-electron chi connectivity index (χ1n) is 7.18. The molecule has 0 spiro atoms. The average Bonchev–Trinajstić information content (AvgIpc) is 2.51. The summed E-state index contributed by atoms with van der Waals surface area (Å²) in [7, 11) is 1.85. The van der Waals surface area contributed by atoms with E-state index in [2.05, 4.69) is 31.2 Å². The minimum Gasteiger partial charge on any atom is -0.340 e. The van der Waals surface area contributed by atoms with Gasteiger partial charge in [-0.05, 0) is 43.7 Å². The van der Waals surface area contributed by atoms with E-state index in [1.165, 1.54) is 5.56 Å². The molecular formula is C18H20ClNOS.